The third-order valence-electron chi connectivity index (χ3n) is 9.81. The molecule has 16 heteroatoms. The summed E-state index contributed by atoms with van der Waals surface area (Å²) in [6.45, 7) is 2.51. The molecule has 0 radical (unpaired) electrons. The van der Waals surface area contributed by atoms with E-state index in [1.165, 1.54) is 0 Å². The maximum Gasteiger partial charge on any atom is 0.418 e. The molecule has 0 amide bonds. The van der Waals surface area contributed by atoms with Crippen LogP contribution < -0.4 is 20.1 Å². The lowest BCUT2D eigenvalue weighted by Gasteiger charge is -2.56. The number of benzene rings is 1. The molecule has 4 saturated heterocycles. The van der Waals surface area contributed by atoms with Crippen molar-refractivity contribution in [3.05, 3.63) is 28.5 Å². The second kappa shape index (κ2) is 10.6. The summed E-state index contributed by atoms with van der Waals surface area (Å²) in [5.74, 6) is -1.05. The van der Waals surface area contributed by atoms with E-state index in [9.17, 15) is 17.6 Å². The van der Waals surface area contributed by atoms with Gasteiger partial charge in [-0.15, -0.1) is 0 Å². The highest BCUT2D eigenvalue weighted by Gasteiger charge is 2.53. The van der Waals surface area contributed by atoms with Crippen molar-refractivity contribution in [1.82, 2.24) is 19.9 Å². The highest BCUT2D eigenvalue weighted by atomic mass is 35.5. The van der Waals surface area contributed by atoms with Crippen molar-refractivity contribution in [2.24, 2.45) is 0 Å². The first kappa shape index (κ1) is 30.1. The molecule has 3 aromatic rings. The largest absolute Gasteiger partial charge is 0.477 e. The summed E-state index contributed by atoms with van der Waals surface area (Å²) in [7, 11) is 0. The van der Waals surface area contributed by atoms with Gasteiger partial charge in [0.05, 0.1) is 55.2 Å². The van der Waals surface area contributed by atoms with Crippen LogP contribution in [0, 0.1) is 5.82 Å². The van der Waals surface area contributed by atoms with E-state index in [-0.39, 0.29) is 60.0 Å². The smallest absolute Gasteiger partial charge is 0.418 e. The summed E-state index contributed by atoms with van der Waals surface area (Å²) in [6, 6.07) is 1.48. The number of pyridine rings is 1. The van der Waals surface area contributed by atoms with Crippen molar-refractivity contribution in [2.75, 3.05) is 63.4 Å². The van der Waals surface area contributed by atoms with Crippen LogP contribution in [0.3, 0.4) is 0 Å². The Morgan fingerprint density at radius 3 is 2.70 bits per heavy atom. The van der Waals surface area contributed by atoms with Gasteiger partial charge in [0.15, 0.2) is 5.82 Å². The van der Waals surface area contributed by atoms with Crippen LogP contribution >= 0.6 is 11.6 Å². The monoisotopic (exact) mass is 668 g/mol. The van der Waals surface area contributed by atoms with Gasteiger partial charge in [-0.1, -0.05) is 11.6 Å². The van der Waals surface area contributed by atoms with Crippen molar-refractivity contribution in [3.8, 4) is 23.1 Å². The quantitative estimate of drug-likeness (QED) is 0.308. The number of aromatic nitrogens is 3. The fourth-order valence-electron chi connectivity index (χ4n) is 7.75. The molecule has 5 aliphatic rings. The average Bonchev–Trinajstić information content (AvgIpc) is 3.49. The zero-order valence-electron chi connectivity index (χ0n) is 24.5. The summed E-state index contributed by atoms with van der Waals surface area (Å²) in [6.07, 6.45) is -3.62. The SMILES string of the molecule is Nc1cc(Cl)c(C(F)(F)F)c(-c2nc3c4c(nc(OC[C@@]56CCCN5C[C@H](F)C6)nc4c2F)N2C(CCO3)COCC23COC3)c1. The van der Waals surface area contributed by atoms with Crippen LogP contribution in [0.5, 0.6) is 11.9 Å². The zero-order chi connectivity index (χ0) is 32.0. The first-order valence-electron chi connectivity index (χ1n) is 15.2. The van der Waals surface area contributed by atoms with Crippen molar-refractivity contribution in [2.45, 2.75) is 55.2 Å². The summed E-state index contributed by atoms with van der Waals surface area (Å²) in [4.78, 5) is 17.6. The summed E-state index contributed by atoms with van der Waals surface area (Å²) >= 11 is 6.02. The van der Waals surface area contributed by atoms with E-state index in [2.05, 4.69) is 14.9 Å². The average molecular weight is 669 g/mol. The number of nitrogen functional groups attached to an aromatic ring is 1. The zero-order valence-corrected chi connectivity index (χ0v) is 25.3. The van der Waals surface area contributed by atoms with Crippen LogP contribution in [-0.4, -0.2) is 95.9 Å². The van der Waals surface area contributed by atoms with E-state index in [0.29, 0.717) is 39.4 Å². The predicted octanol–water partition coefficient (Wildman–Crippen LogP) is 4.80. The molecule has 1 spiro atoms. The van der Waals surface area contributed by atoms with E-state index < -0.39 is 51.1 Å². The van der Waals surface area contributed by atoms with Crippen LogP contribution in [0.1, 0.15) is 31.2 Å². The number of halogens is 6. The van der Waals surface area contributed by atoms with Gasteiger partial charge in [0.1, 0.15) is 40.7 Å². The Kier molecular flexibility index (Phi) is 6.95. The number of fused-ring (bicyclic) bond motifs is 4. The van der Waals surface area contributed by atoms with Crippen LogP contribution in [0.2, 0.25) is 5.02 Å². The molecule has 8 rings (SSSR count). The fourth-order valence-corrected chi connectivity index (χ4v) is 8.09. The van der Waals surface area contributed by atoms with E-state index in [0.717, 1.165) is 31.5 Å². The van der Waals surface area contributed by atoms with Crippen LogP contribution in [0.15, 0.2) is 12.1 Å². The van der Waals surface area contributed by atoms with E-state index >= 15 is 4.39 Å². The second-order valence-corrected chi connectivity index (χ2v) is 13.2. The first-order chi connectivity index (χ1) is 22.0. The molecule has 0 aliphatic carbocycles. The lowest BCUT2D eigenvalue weighted by Crippen LogP contribution is -2.71. The number of rotatable bonds is 4. The number of hydrogen-bond acceptors (Lipinski definition) is 10. The van der Waals surface area contributed by atoms with Gasteiger partial charge in [0.2, 0.25) is 5.88 Å². The van der Waals surface area contributed by atoms with Gasteiger partial charge < -0.3 is 29.6 Å². The Labute approximate surface area is 264 Å². The minimum atomic E-state index is -4.96. The van der Waals surface area contributed by atoms with Gasteiger partial charge in [0.25, 0.3) is 0 Å². The van der Waals surface area contributed by atoms with E-state index in [1.807, 2.05) is 4.90 Å². The Balaban J connectivity index is 1.34. The minimum absolute atomic E-state index is 0.0606. The Bertz CT molecular complexity index is 1730. The van der Waals surface area contributed by atoms with E-state index in [1.54, 1.807) is 0 Å². The molecule has 0 bridgehead atoms. The summed E-state index contributed by atoms with van der Waals surface area (Å²) in [5, 5.41) is -0.619. The predicted molar refractivity (Wildman–Crippen MR) is 156 cm³/mol. The number of nitrogens with two attached hydrogens (primary N) is 1. The Hall–Kier alpha value is -3.27. The van der Waals surface area contributed by atoms with Crippen LogP contribution in [-0.2, 0) is 15.7 Å². The molecule has 3 atom stereocenters. The normalized spacial score (nSPS) is 27.1. The fraction of sp³-hybridized carbons (Fsp3) is 0.567. The molecule has 246 valence electrons. The molecule has 10 nitrogen and oxygen atoms in total. The topological polar surface area (TPSA) is 108 Å². The molecular weight excluding hydrogens is 639 g/mol. The Morgan fingerprint density at radius 2 is 1.93 bits per heavy atom. The van der Waals surface area contributed by atoms with E-state index in [4.69, 9.17) is 41.3 Å². The molecular formula is C30H30ClF5N6O4. The Morgan fingerprint density at radius 1 is 1.13 bits per heavy atom. The maximum absolute atomic E-state index is 16.8. The molecule has 0 saturated carbocycles. The summed E-state index contributed by atoms with van der Waals surface area (Å²) in [5.41, 5.74) is 1.62. The highest BCUT2D eigenvalue weighted by Crippen LogP contribution is 2.48. The third-order valence-corrected chi connectivity index (χ3v) is 10.1. The number of hydrogen-bond donors (Lipinski definition) is 1. The number of ether oxygens (including phenoxy) is 4. The first-order valence-corrected chi connectivity index (χ1v) is 15.5. The molecule has 1 unspecified atom stereocenters. The molecule has 5 aliphatic heterocycles. The van der Waals surface area contributed by atoms with Gasteiger partial charge in [-0.05, 0) is 31.5 Å². The van der Waals surface area contributed by atoms with Crippen molar-refractivity contribution in [1.29, 1.82) is 0 Å². The molecule has 2 aromatic heterocycles. The standard InChI is InChI=1S/C30H30ClF5N6O4/c31-19-7-16(37)6-18(21(19)30(34,35)36)23-22(33)24-20-25(40-27(39-24)46-14-28-3-1-4-41(28)9-15(32)8-28)42-17(2-5-45-26(20)38-23)10-43-11-29(42)12-44-13-29/h6-7,15,17H,1-5,8-14,37H2/t15-,17?,28+/m1/s1. The number of alkyl halides is 4. The molecule has 4 fully saturated rings. The third kappa shape index (κ3) is 4.64. The van der Waals surface area contributed by atoms with Crippen molar-refractivity contribution < 1.29 is 40.9 Å². The highest BCUT2D eigenvalue weighted by molar-refractivity contribution is 6.32. The maximum atomic E-state index is 16.8. The molecule has 1 aromatic carbocycles. The summed E-state index contributed by atoms with van der Waals surface area (Å²) < 4.78 is 97.9. The van der Waals surface area contributed by atoms with Gasteiger partial charge in [0, 0.05) is 30.6 Å². The molecule has 2 N–H and O–H groups in total. The van der Waals surface area contributed by atoms with Crippen LogP contribution in [0.4, 0.5) is 33.5 Å². The van der Waals surface area contributed by atoms with Crippen molar-refractivity contribution >= 4 is 34.0 Å². The van der Waals surface area contributed by atoms with Gasteiger partial charge in [-0.25, -0.2) is 13.8 Å². The van der Waals surface area contributed by atoms with Crippen molar-refractivity contribution in [3.63, 3.8) is 0 Å². The minimum Gasteiger partial charge on any atom is -0.477 e. The molecule has 46 heavy (non-hydrogen) atoms. The van der Waals surface area contributed by atoms with Crippen LogP contribution in [0.25, 0.3) is 22.2 Å². The second-order valence-electron chi connectivity index (χ2n) is 12.8. The van der Waals surface area contributed by atoms with Gasteiger partial charge in [-0.2, -0.15) is 23.1 Å². The lowest BCUT2D eigenvalue weighted by molar-refractivity contribution is -0.137. The lowest BCUT2D eigenvalue weighted by atomic mass is 9.90. The van der Waals surface area contributed by atoms with Gasteiger partial charge in [-0.3, -0.25) is 4.90 Å². The number of nitrogens with zero attached hydrogens (tertiary/aromatic N) is 5. The molecule has 7 heterocycles. The number of morpholine rings is 1. The van der Waals surface area contributed by atoms with Gasteiger partial charge >= 0.3 is 12.2 Å². The number of anilines is 2.